The van der Waals surface area contributed by atoms with E-state index in [0.717, 1.165) is 61.6 Å². The van der Waals surface area contributed by atoms with Gasteiger partial charge in [-0.25, -0.2) is 0 Å². The van der Waals surface area contributed by atoms with E-state index in [2.05, 4.69) is 45.6 Å². The van der Waals surface area contributed by atoms with Crippen LogP contribution in [-0.2, 0) is 7.05 Å². The Hall–Kier alpha value is -3.85. The zero-order valence-electron chi connectivity index (χ0n) is 24.5. The Morgan fingerprint density at radius 3 is 2.33 bits per heavy atom. The van der Waals surface area contributed by atoms with Crippen LogP contribution in [0.15, 0.2) is 36.9 Å². The number of aryl methyl sites for hydroxylation is 3. The van der Waals surface area contributed by atoms with Crippen LogP contribution in [-0.4, -0.2) is 49.8 Å². The van der Waals surface area contributed by atoms with Crippen molar-refractivity contribution in [1.29, 1.82) is 0 Å². The standard InChI is InChI=1S/C30H38N6O2.CH4O/c1-6-9-22(26-17-33-36(5)18-26)12-23-13-24(15-31-20(23)3)29(37)35-28-14-25(16-32-21(28)4)30(38)34-27-11-8-7-10-19(27)2;1-2/h12-19,27H,6-11H2,1-5H3,(H,34,38)(H,35,37);2H,1H3/b22-12+;. The summed E-state index contributed by atoms with van der Waals surface area (Å²) < 4.78 is 1.79. The first-order chi connectivity index (χ1) is 19.2. The number of rotatable bonds is 8. The Morgan fingerprint density at radius 2 is 1.68 bits per heavy atom. The van der Waals surface area contributed by atoms with Crippen LogP contribution in [0.3, 0.4) is 0 Å². The molecule has 9 nitrogen and oxygen atoms in total. The fraction of sp³-hybridized carbons (Fsp3) is 0.452. The maximum atomic E-state index is 13.2. The summed E-state index contributed by atoms with van der Waals surface area (Å²) in [5, 5.41) is 17.4. The number of nitrogens with one attached hydrogen (secondary N) is 2. The van der Waals surface area contributed by atoms with E-state index in [1.807, 2.05) is 39.4 Å². The van der Waals surface area contributed by atoms with E-state index in [1.54, 1.807) is 23.1 Å². The van der Waals surface area contributed by atoms with Gasteiger partial charge in [0.15, 0.2) is 0 Å². The molecule has 1 aliphatic carbocycles. The number of carbonyl (C=O) groups excluding carboxylic acids is 2. The lowest BCUT2D eigenvalue weighted by molar-refractivity contribution is 0.0909. The Morgan fingerprint density at radius 1 is 1.00 bits per heavy atom. The van der Waals surface area contributed by atoms with Crippen LogP contribution >= 0.6 is 0 Å². The van der Waals surface area contributed by atoms with Crippen LogP contribution in [0.4, 0.5) is 5.69 Å². The van der Waals surface area contributed by atoms with Gasteiger partial charge in [0.05, 0.1) is 28.7 Å². The Labute approximate surface area is 237 Å². The molecule has 0 spiro atoms. The van der Waals surface area contributed by atoms with Crippen LogP contribution in [0, 0.1) is 19.8 Å². The number of nitrogens with zero attached hydrogens (tertiary/aromatic N) is 4. The normalized spacial score (nSPS) is 17.0. The fourth-order valence-corrected chi connectivity index (χ4v) is 4.93. The van der Waals surface area contributed by atoms with Gasteiger partial charge < -0.3 is 15.7 Å². The second-order valence-electron chi connectivity index (χ2n) is 10.4. The second kappa shape index (κ2) is 14.5. The summed E-state index contributed by atoms with van der Waals surface area (Å²) in [5.74, 6) is 0.00233. The van der Waals surface area contributed by atoms with E-state index >= 15 is 0 Å². The molecule has 3 N–H and O–H groups in total. The highest BCUT2D eigenvalue weighted by Crippen LogP contribution is 2.26. The molecule has 3 heterocycles. The van der Waals surface area contributed by atoms with Crippen LogP contribution in [0.5, 0.6) is 0 Å². The number of hydrogen-bond acceptors (Lipinski definition) is 6. The predicted octanol–water partition coefficient (Wildman–Crippen LogP) is 5.34. The molecule has 1 aliphatic rings. The summed E-state index contributed by atoms with van der Waals surface area (Å²) in [5.41, 5.74) is 5.96. The first-order valence-electron chi connectivity index (χ1n) is 13.9. The van der Waals surface area contributed by atoms with Crippen molar-refractivity contribution in [3.8, 4) is 0 Å². The first-order valence-corrected chi connectivity index (χ1v) is 13.9. The monoisotopic (exact) mass is 546 g/mol. The summed E-state index contributed by atoms with van der Waals surface area (Å²) >= 11 is 0. The van der Waals surface area contributed by atoms with Gasteiger partial charge in [0.25, 0.3) is 11.8 Å². The van der Waals surface area contributed by atoms with Gasteiger partial charge in [-0.1, -0.05) is 33.1 Å². The molecule has 2 amide bonds. The van der Waals surface area contributed by atoms with E-state index in [-0.39, 0.29) is 17.9 Å². The first kappa shape index (κ1) is 30.7. The van der Waals surface area contributed by atoms with Crippen molar-refractivity contribution >= 4 is 29.2 Å². The molecule has 1 saturated carbocycles. The van der Waals surface area contributed by atoms with Crippen LogP contribution in [0.1, 0.15) is 95.6 Å². The van der Waals surface area contributed by atoms with Gasteiger partial charge in [-0.05, 0) is 68.4 Å². The van der Waals surface area contributed by atoms with Crippen molar-refractivity contribution in [3.05, 3.63) is 70.6 Å². The lowest BCUT2D eigenvalue weighted by Gasteiger charge is -2.29. The lowest BCUT2D eigenvalue weighted by atomic mass is 9.86. The van der Waals surface area contributed by atoms with Crippen molar-refractivity contribution < 1.29 is 14.7 Å². The van der Waals surface area contributed by atoms with E-state index in [9.17, 15) is 9.59 Å². The maximum Gasteiger partial charge on any atom is 0.257 e. The number of carbonyl (C=O) groups is 2. The molecule has 0 bridgehead atoms. The molecule has 0 radical (unpaired) electrons. The molecule has 4 rings (SSSR count). The van der Waals surface area contributed by atoms with Crippen LogP contribution < -0.4 is 10.6 Å². The maximum absolute atomic E-state index is 13.2. The lowest BCUT2D eigenvalue weighted by Crippen LogP contribution is -2.41. The molecule has 3 aromatic heterocycles. The molecule has 1 fully saturated rings. The highest BCUT2D eigenvalue weighted by atomic mass is 16.2. The minimum atomic E-state index is -0.297. The van der Waals surface area contributed by atoms with Crippen molar-refractivity contribution in [3.63, 3.8) is 0 Å². The van der Waals surface area contributed by atoms with Gasteiger partial charge in [-0.15, -0.1) is 0 Å². The number of aliphatic hydroxyl groups is 1. The molecule has 0 saturated heterocycles. The Bertz CT molecular complexity index is 1350. The molecular weight excluding hydrogens is 504 g/mol. The molecule has 0 aromatic carbocycles. The van der Waals surface area contributed by atoms with Crippen LogP contribution in [0.25, 0.3) is 11.6 Å². The number of amides is 2. The summed E-state index contributed by atoms with van der Waals surface area (Å²) in [6, 6.07) is 3.73. The van der Waals surface area contributed by atoms with E-state index in [4.69, 9.17) is 5.11 Å². The molecule has 0 aliphatic heterocycles. The van der Waals surface area contributed by atoms with Gasteiger partial charge in [0.2, 0.25) is 0 Å². The predicted molar refractivity (Wildman–Crippen MR) is 159 cm³/mol. The van der Waals surface area contributed by atoms with Crippen molar-refractivity contribution in [2.75, 3.05) is 12.4 Å². The second-order valence-corrected chi connectivity index (χ2v) is 10.4. The number of hydrogen-bond donors (Lipinski definition) is 3. The van der Waals surface area contributed by atoms with Crippen LogP contribution in [0.2, 0.25) is 0 Å². The molecule has 9 heteroatoms. The molecule has 3 aromatic rings. The summed E-state index contributed by atoms with van der Waals surface area (Å²) in [6.45, 7) is 8.07. The van der Waals surface area contributed by atoms with Gasteiger partial charge >= 0.3 is 0 Å². The number of anilines is 1. The van der Waals surface area contributed by atoms with Crippen molar-refractivity contribution in [2.45, 2.75) is 72.3 Å². The molecule has 2 unspecified atom stereocenters. The Kier molecular flexibility index (Phi) is 11.1. The quantitative estimate of drug-likeness (QED) is 0.351. The highest BCUT2D eigenvalue weighted by Gasteiger charge is 2.24. The molecule has 40 heavy (non-hydrogen) atoms. The van der Waals surface area contributed by atoms with Crippen molar-refractivity contribution in [1.82, 2.24) is 25.1 Å². The number of aliphatic hydroxyl groups excluding tert-OH is 1. The molecular formula is C31H42N6O3. The summed E-state index contributed by atoms with van der Waals surface area (Å²) in [4.78, 5) is 35.1. The number of aromatic nitrogens is 4. The zero-order valence-corrected chi connectivity index (χ0v) is 24.5. The third-order valence-corrected chi connectivity index (χ3v) is 7.34. The third-order valence-electron chi connectivity index (χ3n) is 7.34. The van der Waals surface area contributed by atoms with E-state index in [0.29, 0.717) is 28.4 Å². The SMILES string of the molecule is CCC/C(=C\c1cc(C(=O)Nc2cc(C(=O)NC3CCCCC3C)cnc2C)cnc1C)c1cnn(C)c1.CO. The fourth-order valence-electron chi connectivity index (χ4n) is 4.93. The summed E-state index contributed by atoms with van der Waals surface area (Å²) in [7, 11) is 2.90. The zero-order chi connectivity index (χ0) is 29.2. The average Bonchev–Trinajstić information content (AvgIpc) is 3.39. The number of pyridine rings is 2. The van der Waals surface area contributed by atoms with Crippen molar-refractivity contribution in [2.24, 2.45) is 13.0 Å². The highest BCUT2D eigenvalue weighted by molar-refractivity contribution is 6.05. The molecule has 2 atom stereocenters. The van der Waals surface area contributed by atoms with Gasteiger partial charge in [-0.3, -0.25) is 24.2 Å². The van der Waals surface area contributed by atoms with E-state index < -0.39 is 0 Å². The van der Waals surface area contributed by atoms with Gasteiger partial charge in [0, 0.05) is 50.0 Å². The third kappa shape index (κ3) is 7.85. The Balaban J connectivity index is 0.00000216. The molecule has 214 valence electrons. The summed E-state index contributed by atoms with van der Waals surface area (Å²) in [6.07, 6.45) is 15.4. The largest absolute Gasteiger partial charge is 0.400 e. The minimum Gasteiger partial charge on any atom is -0.400 e. The van der Waals surface area contributed by atoms with E-state index in [1.165, 1.54) is 6.42 Å². The average molecular weight is 547 g/mol. The smallest absolute Gasteiger partial charge is 0.257 e. The van der Waals surface area contributed by atoms with Gasteiger partial charge in [0.1, 0.15) is 0 Å². The topological polar surface area (TPSA) is 122 Å². The minimum absolute atomic E-state index is 0.157. The number of allylic oxidation sites excluding steroid dienone is 1. The van der Waals surface area contributed by atoms with Gasteiger partial charge in [-0.2, -0.15) is 5.10 Å².